The summed E-state index contributed by atoms with van der Waals surface area (Å²) in [4.78, 5) is 14.8. The van der Waals surface area contributed by atoms with Gasteiger partial charge in [-0.25, -0.2) is 8.42 Å². The van der Waals surface area contributed by atoms with E-state index in [9.17, 15) is 13.2 Å². The third-order valence-corrected chi connectivity index (χ3v) is 6.79. The number of sulfone groups is 1. The number of hydrogen-bond acceptors (Lipinski definition) is 5. The zero-order valence-electron chi connectivity index (χ0n) is 14.6. The molecule has 1 aliphatic rings. The van der Waals surface area contributed by atoms with Crippen molar-refractivity contribution in [3.63, 3.8) is 0 Å². The lowest BCUT2D eigenvalue weighted by Crippen LogP contribution is -2.48. The number of ether oxygens (including phenoxy) is 1. The fourth-order valence-electron chi connectivity index (χ4n) is 2.71. The van der Waals surface area contributed by atoms with Crippen molar-refractivity contribution in [2.24, 2.45) is 5.92 Å². The molecule has 6 nitrogen and oxygen atoms in total. The molecule has 1 heterocycles. The van der Waals surface area contributed by atoms with Gasteiger partial charge in [-0.3, -0.25) is 9.69 Å². The summed E-state index contributed by atoms with van der Waals surface area (Å²) < 4.78 is 31.0. The Morgan fingerprint density at radius 1 is 1.24 bits per heavy atom. The highest BCUT2D eigenvalue weighted by Crippen LogP contribution is 2.18. The summed E-state index contributed by atoms with van der Waals surface area (Å²) in [7, 11) is -3.49. The van der Waals surface area contributed by atoms with Crippen molar-refractivity contribution in [1.82, 2.24) is 10.2 Å². The monoisotopic (exact) mass is 432 g/mol. The topological polar surface area (TPSA) is 75.7 Å². The third-order valence-electron chi connectivity index (χ3n) is 4.33. The van der Waals surface area contributed by atoms with Crippen LogP contribution in [0.5, 0.6) is 0 Å². The van der Waals surface area contributed by atoms with E-state index in [0.717, 1.165) is 17.6 Å². The van der Waals surface area contributed by atoms with Crippen LogP contribution in [-0.2, 0) is 19.4 Å². The highest BCUT2D eigenvalue weighted by molar-refractivity contribution is 9.10. The number of morpholine rings is 1. The van der Waals surface area contributed by atoms with Crippen LogP contribution in [0.2, 0.25) is 0 Å². The predicted octanol–water partition coefficient (Wildman–Crippen LogP) is 1.70. The maximum absolute atomic E-state index is 12.4. The molecule has 1 N–H and O–H groups in total. The van der Waals surface area contributed by atoms with Crippen molar-refractivity contribution < 1.29 is 17.9 Å². The molecule has 0 aromatic heterocycles. The Morgan fingerprint density at radius 2 is 1.84 bits per heavy atom. The van der Waals surface area contributed by atoms with Crippen molar-refractivity contribution in [2.75, 3.05) is 38.6 Å². The molecule has 1 aromatic carbocycles. The average molecular weight is 433 g/mol. The van der Waals surface area contributed by atoms with Crippen LogP contribution in [-0.4, -0.2) is 63.9 Å². The molecular formula is C17H25BrN2O4S. The lowest BCUT2D eigenvalue weighted by Gasteiger charge is -2.32. The maximum atomic E-state index is 12.4. The largest absolute Gasteiger partial charge is 0.379 e. The third kappa shape index (κ3) is 6.06. The molecule has 1 aliphatic heterocycles. The van der Waals surface area contributed by atoms with Gasteiger partial charge in [-0.05, 0) is 31.2 Å². The highest BCUT2D eigenvalue weighted by atomic mass is 79.9. The number of nitrogens with one attached hydrogen (secondary N) is 1. The summed E-state index contributed by atoms with van der Waals surface area (Å²) >= 11 is 3.28. The van der Waals surface area contributed by atoms with E-state index in [0.29, 0.717) is 19.8 Å². The van der Waals surface area contributed by atoms with Gasteiger partial charge >= 0.3 is 0 Å². The zero-order chi connectivity index (χ0) is 18.4. The molecule has 0 spiro atoms. The number of amides is 1. The van der Waals surface area contributed by atoms with E-state index < -0.39 is 15.8 Å². The van der Waals surface area contributed by atoms with Crippen LogP contribution >= 0.6 is 15.9 Å². The van der Waals surface area contributed by atoms with Crippen LogP contribution in [0.25, 0.3) is 0 Å². The van der Waals surface area contributed by atoms with Crippen LogP contribution < -0.4 is 5.32 Å². The van der Waals surface area contributed by atoms with Gasteiger partial charge in [0.05, 0.1) is 23.9 Å². The average Bonchev–Trinajstić information content (AvgIpc) is 2.60. The number of carbonyl (C=O) groups excluding carboxylic acids is 1. The number of rotatable bonds is 7. The van der Waals surface area contributed by atoms with Gasteiger partial charge in [-0.15, -0.1) is 0 Å². The molecule has 1 fully saturated rings. The molecule has 2 rings (SSSR count). The second-order valence-electron chi connectivity index (χ2n) is 6.38. The summed E-state index contributed by atoms with van der Waals surface area (Å²) in [6.45, 7) is 7.32. The molecule has 1 aromatic rings. The normalized spacial score (nSPS) is 18.5. The molecule has 0 aliphatic carbocycles. The Morgan fingerprint density at radius 3 is 2.44 bits per heavy atom. The number of hydrogen-bond donors (Lipinski definition) is 1. The summed E-state index contributed by atoms with van der Waals surface area (Å²) in [5, 5.41) is 2.87. The second kappa shape index (κ2) is 9.12. The van der Waals surface area contributed by atoms with Crippen molar-refractivity contribution >= 4 is 31.7 Å². The molecule has 0 bridgehead atoms. The van der Waals surface area contributed by atoms with Crippen LogP contribution in [0, 0.1) is 5.92 Å². The van der Waals surface area contributed by atoms with E-state index in [1.807, 2.05) is 0 Å². The quantitative estimate of drug-likeness (QED) is 0.709. The highest BCUT2D eigenvalue weighted by Gasteiger charge is 2.24. The Labute approximate surface area is 158 Å². The Bertz CT molecular complexity index is 672. The Kier molecular flexibility index (Phi) is 7.42. The SMILES string of the molecule is CC(CS(=O)(=O)c1ccc(Br)cc1)C(=O)NCC(C)N1CCOCC1. The van der Waals surface area contributed by atoms with Gasteiger partial charge in [-0.2, -0.15) is 0 Å². The molecule has 0 saturated carbocycles. The van der Waals surface area contributed by atoms with E-state index in [1.165, 1.54) is 0 Å². The first kappa shape index (κ1) is 20.4. The number of benzene rings is 1. The van der Waals surface area contributed by atoms with E-state index in [2.05, 4.69) is 33.1 Å². The Hall–Kier alpha value is -0.960. The molecule has 8 heteroatoms. The summed E-state index contributed by atoms with van der Waals surface area (Å²) in [6.07, 6.45) is 0. The first-order valence-corrected chi connectivity index (χ1v) is 10.8. The molecule has 1 amide bonds. The van der Waals surface area contributed by atoms with Crippen molar-refractivity contribution in [3.8, 4) is 0 Å². The summed E-state index contributed by atoms with van der Waals surface area (Å²) in [5.41, 5.74) is 0. The molecule has 140 valence electrons. The van der Waals surface area contributed by atoms with Gasteiger partial charge < -0.3 is 10.1 Å². The molecule has 2 unspecified atom stereocenters. The Balaban J connectivity index is 1.85. The first-order chi connectivity index (χ1) is 11.8. The van der Waals surface area contributed by atoms with Crippen molar-refractivity contribution in [1.29, 1.82) is 0 Å². The zero-order valence-corrected chi connectivity index (χ0v) is 17.0. The van der Waals surface area contributed by atoms with E-state index >= 15 is 0 Å². The number of halogens is 1. The number of nitrogens with zero attached hydrogens (tertiary/aromatic N) is 1. The van der Waals surface area contributed by atoms with Crippen LogP contribution in [0.3, 0.4) is 0 Å². The minimum Gasteiger partial charge on any atom is -0.379 e. The molecule has 25 heavy (non-hydrogen) atoms. The molecule has 1 saturated heterocycles. The van der Waals surface area contributed by atoms with Gasteiger partial charge in [-0.1, -0.05) is 22.9 Å². The molecule has 0 radical (unpaired) electrons. The van der Waals surface area contributed by atoms with Crippen molar-refractivity contribution in [3.05, 3.63) is 28.7 Å². The van der Waals surface area contributed by atoms with Crippen molar-refractivity contribution in [2.45, 2.75) is 24.8 Å². The summed E-state index contributed by atoms with van der Waals surface area (Å²) in [6, 6.07) is 6.65. The van der Waals surface area contributed by atoms with Crippen LogP contribution in [0.15, 0.2) is 33.6 Å². The second-order valence-corrected chi connectivity index (χ2v) is 9.33. The van der Waals surface area contributed by atoms with E-state index in [1.54, 1.807) is 31.2 Å². The lowest BCUT2D eigenvalue weighted by atomic mass is 10.2. The number of carbonyl (C=O) groups is 1. The van der Waals surface area contributed by atoms with Gasteiger partial charge in [0, 0.05) is 36.1 Å². The minimum absolute atomic E-state index is 0.197. The van der Waals surface area contributed by atoms with E-state index in [4.69, 9.17) is 4.74 Å². The maximum Gasteiger partial charge on any atom is 0.223 e. The standard InChI is InChI=1S/C17H25BrN2O4S/c1-13(12-25(22,23)16-5-3-15(18)4-6-16)17(21)19-11-14(2)20-7-9-24-10-8-20/h3-6,13-14H,7-12H2,1-2H3,(H,19,21). The first-order valence-electron chi connectivity index (χ1n) is 8.37. The smallest absolute Gasteiger partial charge is 0.223 e. The van der Waals surface area contributed by atoms with Crippen LogP contribution in [0.4, 0.5) is 0 Å². The van der Waals surface area contributed by atoms with E-state index in [-0.39, 0.29) is 22.6 Å². The van der Waals surface area contributed by atoms with Crippen LogP contribution in [0.1, 0.15) is 13.8 Å². The molecule has 2 atom stereocenters. The predicted molar refractivity (Wildman–Crippen MR) is 100 cm³/mol. The lowest BCUT2D eigenvalue weighted by molar-refractivity contribution is -0.124. The van der Waals surface area contributed by atoms with Gasteiger partial charge in [0.2, 0.25) is 5.91 Å². The molecular weight excluding hydrogens is 408 g/mol. The van der Waals surface area contributed by atoms with Gasteiger partial charge in [0.25, 0.3) is 0 Å². The van der Waals surface area contributed by atoms with Gasteiger partial charge in [0.15, 0.2) is 9.84 Å². The fraction of sp³-hybridized carbons (Fsp3) is 0.588. The summed E-state index contributed by atoms with van der Waals surface area (Å²) in [5.74, 6) is -1.04. The van der Waals surface area contributed by atoms with Gasteiger partial charge in [0.1, 0.15) is 0 Å². The fourth-order valence-corrected chi connectivity index (χ4v) is 4.53. The minimum atomic E-state index is -3.49.